The Hall–Kier alpha value is -3.02. The van der Waals surface area contributed by atoms with Gasteiger partial charge in [0.15, 0.2) is 6.73 Å². The number of rotatable bonds is 4. The van der Waals surface area contributed by atoms with Gasteiger partial charge in [0.05, 0.1) is 11.8 Å². The Labute approximate surface area is 132 Å². The summed E-state index contributed by atoms with van der Waals surface area (Å²) in [6.07, 6.45) is 0.149. The summed E-state index contributed by atoms with van der Waals surface area (Å²) < 4.78 is 6.15. The molecule has 1 aromatic heterocycles. The molecule has 6 heteroatoms. The number of fused-ring (bicyclic) bond motifs is 1. The van der Waals surface area contributed by atoms with Gasteiger partial charge < -0.3 is 4.74 Å². The van der Waals surface area contributed by atoms with Gasteiger partial charge in [-0.3, -0.25) is 9.59 Å². The maximum absolute atomic E-state index is 12.2. The first-order chi connectivity index (χ1) is 11.1. The van der Waals surface area contributed by atoms with E-state index < -0.39 is 5.97 Å². The Morgan fingerprint density at radius 3 is 2.65 bits per heavy atom. The SMILES string of the molecule is Cc1ccc(CC(=O)OCn2nnc3ccccc3c2=O)cc1. The fraction of sp³-hybridized carbons (Fsp3) is 0.176. The quantitative estimate of drug-likeness (QED) is 0.688. The Balaban J connectivity index is 1.68. The highest BCUT2D eigenvalue weighted by Gasteiger charge is 2.08. The molecule has 0 radical (unpaired) electrons. The van der Waals surface area contributed by atoms with E-state index in [1.54, 1.807) is 24.3 Å². The van der Waals surface area contributed by atoms with Crippen LogP contribution in [0.25, 0.3) is 10.9 Å². The second-order valence-electron chi connectivity index (χ2n) is 5.22. The molecule has 0 saturated heterocycles. The van der Waals surface area contributed by atoms with Crippen molar-refractivity contribution in [3.63, 3.8) is 0 Å². The molecule has 23 heavy (non-hydrogen) atoms. The van der Waals surface area contributed by atoms with Gasteiger partial charge in [-0.2, -0.15) is 4.68 Å². The zero-order valence-electron chi connectivity index (χ0n) is 12.6. The summed E-state index contributed by atoms with van der Waals surface area (Å²) in [6.45, 7) is 1.73. The first kappa shape index (κ1) is 14.9. The van der Waals surface area contributed by atoms with Crippen molar-refractivity contribution in [3.05, 3.63) is 70.0 Å². The highest BCUT2D eigenvalue weighted by molar-refractivity contribution is 5.76. The molecule has 0 aliphatic rings. The molecule has 0 bridgehead atoms. The predicted octanol–water partition coefficient (Wildman–Crippen LogP) is 1.84. The fourth-order valence-electron chi connectivity index (χ4n) is 2.16. The van der Waals surface area contributed by atoms with Crippen molar-refractivity contribution in [2.24, 2.45) is 0 Å². The van der Waals surface area contributed by atoms with Gasteiger partial charge in [0.2, 0.25) is 0 Å². The summed E-state index contributed by atoms with van der Waals surface area (Å²) in [5.74, 6) is -0.421. The van der Waals surface area contributed by atoms with Gasteiger partial charge in [0.1, 0.15) is 5.52 Å². The number of hydrogen-bond acceptors (Lipinski definition) is 5. The number of hydrogen-bond donors (Lipinski definition) is 0. The van der Waals surface area contributed by atoms with E-state index in [0.29, 0.717) is 10.9 Å². The molecule has 0 amide bonds. The van der Waals surface area contributed by atoms with Crippen LogP contribution >= 0.6 is 0 Å². The van der Waals surface area contributed by atoms with Crippen LogP contribution in [0, 0.1) is 6.92 Å². The Bertz CT molecular complexity index is 901. The van der Waals surface area contributed by atoms with Crippen LogP contribution in [-0.4, -0.2) is 21.0 Å². The number of aromatic nitrogens is 3. The van der Waals surface area contributed by atoms with E-state index in [1.807, 2.05) is 31.2 Å². The summed E-state index contributed by atoms with van der Waals surface area (Å²) >= 11 is 0. The number of aryl methyl sites for hydroxylation is 1. The van der Waals surface area contributed by atoms with Gasteiger partial charge in [-0.15, -0.1) is 5.10 Å². The normalized spacial score (nSPS) is 10.7. The lowest BCUT2D eigenvalue weighted by atomic mass is 10.1. The molecule has 3 aromatic rings. The second kappa shape index (κ2) is 6.39. The Kier molecular flexibility index (Phi) is 4.14. The van der Waals surface area contributed by atoms with Crippen LogP contribution in [0.2, 0.25) is 0 Å². The van der Waals surface area contributed by atoms with Gasteiger partial charge in [-0.05, 0) is 24.6 Å². The lowest BCUT2D eigenvalue weighted by Gasteiger charge is -2.07. The summed E-state index contributed by atoms with van der Waals surface area (Å²) in [5, 5.41) is 8.15. The number of carbonyl (C=O) groups excluding carboxylic acids is 1. The van der Waals surface area contributed by atoms with Crippen LogP contribution in [0.15, 0.2) is 53.3 Å². The molecule has 0 spiro atoms. The lowest BCUT2D eigenvalue weighted by molar-refractivity contribution is -0.147. The van der Waals surface area contributed by atoms with Crippen molar-refractivity contribution in [3.8, 4) is 0 Å². The fourth-order valence-corrected chi connectivity index (χ4v) is 2.16. The smallest absolute Gasteiger partial charge is 0.312 e. The monoisotopic (exact) mass is 309 g/mol. The van der Waals surface area contributed by atoms with Gasteiger partial charge >= 0.3 is 5.97 Å². The molecule has 0 fully saturated rings. The molecule has 2 aromatic carbocycles. The third kappa shape index (κ3) is 3.42. The summed E-state index contributed by atoms with van der Waals surface area (Å²) in [5.41, 5.74) is 2.16. The summed E-state index contributed by atoms with van der Waals surface area (Å²) in [4.78, 5) is 24.1. The molecular formula is C17H15N3O3. The second-order valence-corrected chi connectivity index (χ2v) is 5.22. The molecule has 0 unspecified atom stereocenters. The molecule has 0 aliphatic heterocycles. The van der Waals surface area contributed by atoms with E-state index in [9.17, 15) is 9.59 Å². The van der Waals surface area contributed by atoms with Crippen molar-refractivity contribution in [2.75, 3.05) is 0 Å². The molecular weight excluding hydrogens is 294 g/mol. The van der Waals surface area contributed by atoms with E-state index in [0.717, 1.165) is 15.8 Å². The van der Waals surface area contributed by atoms with Crippen molar-refractivity contribution in [1.82, 2.24) is 15.0 Å². The van der Waals surface area contributed by atoms with Crippen LogP contribution in [-0.2, 0) is 22.7 Å². The van der Waals surface area contributed by atoms with E-state index in [-0.39, 0.29) is 18.7 Å². The molecule has 1 heterocycles. The predicted molar refractivity (Wildman–Crippen MR) is 84.8 cm³/mol. The van der Waals surface area contributed by atoms with Crippen molar-refractivity contribution < 1.29 is 9.53 Å². The maximum Gasteiger partial charge on any atom is 0.312 e. The van der Waals surface area contributed by atoms with Crippen LogP contribution in [0.1, 0.15) is 11.1 Å². The number of ether oxygens (including phenoxy) is 1. The lowest BCUT2D eigenvalue weighted by Crippen LogP contribution is -2.26. The molecule has 0 saturated carbocycles. The van der Waals surface area contributed by atoms with E-state index in [4.69, 9.17) is 4.74 Å². The average Bonchev–Trinajstić information content (AvgIpc) is 2.57. The van der Waals surface area contributed by atoms with Gasteiger partial charge in [-0.25, -0.2) is 0 Å². The van der Waals surface area contributed by atoms with Crippen LogP contribution in [0.4, 0.5) is 0 Å². The maximum atomic E-state index is 12.2. The standard InChI is InChI=1S/C17H15N3O3/c1-12-6-8-13(9-7-12)10-16(21)23-11-20-17(22)14-4-2-3-5-15(14)18-19-20/h2-9H,10-11H2,1H3. The zero-order valence-corrected chi connectivity index (χ0v) is 12.6. The third-order valence-electron chi connectivity index (χ3n) is 3.45. The highest BCUT2D eigenvalue weighted by Crippen LogP contribution is 2.06. The third-order valence-corrected chi connectivity index (χ3v) is 3.45. The minimum absolute atomic E-state index is 0.149. The molecule has 0 aliphatic carbocycles. The first-order valence-electron chi connectivity index (χ1n) is 7.17. The van der Waals surface area contributed by atoms with Crippen molar-refractivity contribution >= 4 is 16.9 Å². The highest BCUT2D eigenvalue weighted by atomic mass is 16.5. The number of esters is 1. The van der Waals surface area contributed by atoms with Crippen molar-refractivity contribution in [2.45, 2.75) is 20.1 Å². The molecule has 3 rings (SSSR count). The largest absolute Gasteiger partial charge is 0.442 e. The molecule has 116 valence electrons. The number of carbonyl (C=O) groups is 1. The minimum atomic E-state index is -0.421. The summed E-state index contributed by atoms with van der Waals surface area (Å²) in [7, 11) is 0. The topological polar surface area (TPSA) is 74.1 Å². The van der Waals surface area contributed by atoms with Gasteiger partial charge in [-0.1, -0.05) is 47.2 Å². The van der Waals surface area contributed by atoms with E-state index in [1.165, 1.54) is 0 Å². The van der Waals surface area contributed by atoms with Gasteiger partial charge in [0, 0.05) is 0 Å². The van der Waals surface area contributed by atoms with Crippen LogP contribution in [0.5, 0.6) is 0 Å². The van der Waals surface area contributed by atoms with Crippen molar-refractivity contribution in [1.29, 1.82) is 0 Å². The molecule has 6 nitrogen and oxygen atoms in total. The molecule has 0 atom stereocenters. The zero-order chi connectivity index (χ0) is 16.2. The van der Waals surface area contributed by atoms with Crippen LogP contribution < -0.4 is 5.56 Å². The molecule has 0 N–H and O–H groups in total. The number of nitrogens with zero attached hydrogens (tertiary/aromatic N) is 3. The van der Waals surface area contributed by atoms with Crippen LogP contribution in [0.3, 0.4) is 0 Å². The van der Waals surface area contributed by atoms with Gasteiger partial charge in [0.25, 0.3) is 5.56 Å². The van der Waals surface area contributed by atoms with E-state index >= 15 is 0 Å². The first-order valence-corrected chi connectivity index (χ1v) is 7.17. The Morgan fingerprint density at radius 1 is 1.13 bits per heavy atom. The number of benzene rings is 2. The minimum Gasteiger partial charge on any atom is -0.442 e. The average molecular weight is 309 g/mol. The Morgan fingerprint density at radius 2 is 1.87 bits per heavy atom. The van der Waals surface area contributed by atoms with E-state index in [2.05, 4.69) is 10.3 Å². The summed E-state index contributed by atoms with van der Waals surface area (Å²) in [6, 6.07) is 14.5.